The average molecular weight is 280 g/mol. The van der Waals surface area contributed by atoms with Gasteiger partial charge >= 0.3 is 6.03 Å². The number of hydrogen-bond acceptors (Lipinski definition) is 3. The van der Waals surface area contributed by atoms with Crippen LogP contribution in [0, 0.1) is 11.3 Å². The van der Waals surface area contributed by atoms with Gasteiger partial charge in [0.2, 0.25) is 0 Å². The normalized spacial score (nSPS) is 11.2. The maximum Gasteiger partial charge on any atom is 0.319 e. The number of nitrogen functional groups attached to an aromatic ring is 1. The minimum atomic E-state index is -0.333. The van der Waals surface area contributed by atoms with Crippen LogP contribution in [-0.4, -0.2) is 6.03 Å². The molecule has 0 radical (unpaired) electrons. The summed E-state index contributed by atoms with van der Waals surface area (Å²) < 4.78 is 0. The summed E-state index contributed by atoms with van der Waals surface area (Å²) in [7, 11) is 0. The zero-order valence-corrected chi connectivity index (χ0v) is 11.6. The number of carbonyl (C=O) groups excluding carboxylic acids is 1. The third-order valence-electron chi connectivity index (χ3n) is 3.01. The number of hydrogen-bond donors (Lipinski definition) is 3. The van der Waals surface area contributed by atoms with Gasteiger partial charge in [0.1, 0.15) is 0 Å². The van der Waals surface area contributed by atoms with E-state index in [4.69, 9.17) is 11.0 Å². The van der Waals surface area contributed by atoms with Gasteiger partial charge in [-0.1, -0.05) is 18.2 Å². The van der Waals surface area contributed by atoms with Crippen LogP contribution in [-0.2, 0) is 0 Å². The molecule has 0 aliphatic rings. The van der Waals surface area contributed by atoms with Crippen molar-refractivity contribution in [2.75, 3.05) is 11.1 Å². The molecule has 0 bridgehead atoms. The molecule has 2 rings (SSSR count). The van der Waals surface area contributed by atoms with Gasteiger partial charge < -0.3 is 16.4 Å². The number of nitriles is 1. The number of nitrogens with two attached hydrogens (primary N) is 1. The van der Waals surface area contributed by atoms with Crippen LogP contribution in [0.15, 0.2) is 48.5 Å². The van der Waals surface area contributed by atoms with Gasteiger partial charge in [-0.05, 0) is 42.8 Å². The Hall–Kier alpha value is -3.00. The Labute approximate surface area is 123 Å². The van der Waals surface area contributed by atoms with Crippen molar-refractivity contribution in [1.82, 2.24) is 5.32 Å². The topological polar surface area (TPSA) is 90.9 Å². The smallest absolute Gasteiger partial charge is 0.319 e. The molecule has 21 heavy (non-hydrogen) atoms. The number of carbonyl (C=O) groups is 1. The first-order chi connectivity index (χ1) is 10.1. The highest BCUT2D eigenvalue weighted by Crippen LogP contribution is 2.16. The SMILES string of the molecule is CC(NC(=O)Nc1cccc(C#N)c1)c1cccc(N)c1. The number of benzene rings is 2. The molecule has 2 amide bonds. The molecule has 0 fully saturated rings. The molecule has 5 heteroatoms. The molecule has 0 heterocycles. The quantitative estimate of drug-likeness (QED) is 0.755. The van der Waals surface area contributed by atoms with Gasteiger partial charge in [0.15, 0.2) is 0 Å². The molecule has 1 unspecified atom stereocenters. The van der Waals surface area contributed by atoms with E-state index < -0.39 is 0 Å². The summed E-state index contributed by atoms with van der Waals surface area (Å²) in [4.78, 5) is 11.9. The van der Waals surface area contributed by atoms with Crippen LogP contribution in [0.25, 0.3) is 0 Å². The minimum absolute atomic E-state index is 0.173. The molecule has 0 aromatic heterocycles. The van der Waals surface area contributed by atoms with Crippen LogP contribution in [0.2, 0.25) is 0 Å². The number of nitrogens with one attached hydrogen (secondary N) is 2. The monoisotopic (exact) mass is 280 g/mol. The van der Waals surface area contributed by atoms with Gasteiger partial charge in [0.25, 0.3) is 0 Å². The van der Waals surface area contributed by atoms with E-state index in [9.17, 15) is 4.79 Å². The number of urea groups is 1. The highest BCUT2D eigenvalue weighted by Gasteiger charge is 2.09. The standard InChI is InChI=1S/C16H16N4O/c1-11(13-5-3-6-14(18)9-13)19-16(21)20-15-7-2-4-12(8-15)10-17/h2-9,11H,18H2,1H3,(H2,19,20,21). The van der Waals surface area contributed by atoms with Crippen LogP contribution in [0.4, 0.5) is 16.2 Å². The van der Waals surface area contributed by atoms with Gasteiger partial charge in [-0.2, -0.15) is 5.26 Å². The zero-order chi connectivity index (χ0) is 15.2. The lowest BCUT2D eigenvalue weighted by molar-refractivity contribution is 0.249. The molecule has 5 nitrogen and oxygen atoms in total. The summed E-state index contributed by atoms with van der Waals surface area (Å²) in [5.41, 5.74) is 8.38. The molecule has 0 aliphatic carbocycles. The van der Waals surface area contributed by atoms with E-state index in [0.717, 1.165) is 5.56 Å². The minimum Gasteiger partial charge on any atom is -0.399 e. The molecule has 2 aromatic rings. The molecule has 106 valence electrons. The van der Waals surface area contributed by atoms with Crippen molar-refractivity contribution in [3.63, 3.8) is 0 Å². The van der Waals surface area contributed by atoms with Crippen molar-refractivity contribution < 1.29 is 4.79 Å². The molecule has 0 spiro atoms. The van der Waals surface area contributed by atoms with Crippen LogP contribution < -0.4 is 16.4 Å². The first-order valence-electron chi connectivity index (χ1n) is 6.51. The van der Waals surface area contributed by atoms with Gasteiger partial charge in [-0.3, -0.25) is 0 Å². The number of amides is 2. The second-order valence-corrected chi connectivity index (χ2v) is 4.68. The van der Waals surface area contributed by atoms with Crippen LogP contribution in [0.1, 0.15) is 24.1 Å². The maximum atomic E-state index is 11.9. The van der Waals surface area contributed by atoms with Crippen molar-refractivity contribution in [2.45, 2.75) is 13.0 Å². The predicted octanol–water partition coefficient (Wildman–Crippen LogP) is 3.02. The molecule has 2 aromatic carbocycles. The van der Waals surface area contributed by atoms with Crippen molar-refractivity contribution in [1.29, 1.82) is 5.26 Å². The Bertz CT molecular complexity index is 691. The lowest BCUT2D eigenvalue weighted by Crippen LogP contribution is -2.31. The average Bonchev–Trinajstić information content (AvgIpc) is 2.47. The Kier molecular flexibility index (Phi) is 4.42. The predicted molar refractivity (Wildman–Crippen MR) is 82.6 cm³/mol. The summed E-state index contributed by atoms with van der Waals surface area (Å²) in [5, 5.41) is 14.3. The fourth-order valence-corrected chi connectivity index (χ4v) is 1.94. The summed E-state index contributed by atoms with van der Waals surface area (Å²) in [5.74, 6) is 0. The van der Waals surface area contributed by atoms with Crippen molar-refractivity contribution >= 4 is 17.4 Å². The van der Waals surface area contributed by atoms with E-state index in [0.29, 0.717) is 16.9 Å². The Morgan fingerprint density at radius 2 is 2.00 bits per heavy atom. The van der Waals surface area contributed by atoms with E-state index in [2.05, 4.69) is 10.6 Å². The highest BCUT2D eigenvalue weighted by atomic mass is 16.2. The van der Waals surface area contributed by atoms with Crippen LogP contribution in [0.5, 0.6) is 0 Å². The number of anilines is 2. The number of nitrogens with zero attached hydrogens (tertiary/aromatic N) is 1. The molecule has 0 saturated carbocycles. The Morgan fingerprint density at radius 3 is 2.71 bits per heavy atom. The van der Waals surface area contributed by atoms with E-state index >= 15 is 0 Å². The van der Waals surface area contributed by atoms with Gasteiger partial charge in [-0.15, -0.1) is 0 Å². The second kappa shape index (κ2) is 6.44. The first-order valence-corrected chi connectivity index (χ1v) is 6.51. The van der Waals surface area contributed by atoms with Crippen molar-refractivity contribution in [3.8, 4) is 6.07 Å². The Balaban J connectivity index is 2.00. The second-order valence-electron chi connectivity index (χ2n) is 4.68. The fourth-order valence-electron chi connectivity index (χ4n) is 1.94. The lowest BCUT2D eigenvalue weighted by Gasteiger charge is -2.15. The zero-order valence-electron chi connectivity index (χ0n) is 11.6. The molecule has 4 N–H and O–H groups in total. The van der Waals surface area contributed by atoms with Crippen molar-refractivity contribution in [3.05, 3.63) is 59.7 Å². The summed E-state index contributed by atoms with van der Waals surface area (Å²) >= 11 is 0. The van der Waals surface area contributed by atoms with Gasteiger partial charge in [0.05, 0.1) is 17.7 Å². The molecule has 0 saturated heterocycles. The van der Waals surface area contributed by atoms with Crippen LogP contribution in [0.3, 0.4) is 0 Å². The largest absolute Gasteiger partial charge is 0.399 e. The molecular weight excluding hydrogens is 264 g/mol. The van der Waals surface area contributed by atoms with E-state index in [1.807, 2.05) is 31.2 Å². The van der Waals surface area contributed by atoms with E-state index in [1.54, 1.807) is 30.3 Å². The Morgan fingerprint density at radius 1 is 1.24 bits per heavy atom. The molecule has 1 atom stereocenters. The maximum absolute atomic E-state index is 11.9. The summed E-state index contributed by atoms with van der Waals surface area (Å²) in [6, 6.07) is 15.6. The molecule has 0 aliphatic heterocycles. The van der Waals surface area contributed by atoms with Crippen LogP contribution >= 0.6 is 0 Å². The van der Waals surface area contributed by atoms with Gasteiger partial charge in [0, 0.05) is 11.4 Å². The summed E-state index contributed by atoms with van der Waals surface area (Å²) in [6.45, 7) is 1.88. The van der Waals surface area contributed by atoms with Gasteiger partial charge in [-0.25, -0.2) is 4.79 Å². The fraction of sp³-hybridized carbons (Fsp3) is 0.125. The van der Waals surface area contributed by atoms with E-state index in [-0.39, 0.29) is 12.1 Å². The third-order valence-corrected chi connectivity index (χ3v) is 3.01. The summed E-state index contributed by atoms with van der Waals surface area (Å²) in [6.07, 6.45) is 0. The lowest BCUT2D eigenvalue weighted by atomic mass is 10.1. The highest BCUT2D eigenvalue weighted by molar-refractivity contribution is 5.89. The molecular formula is C16H16N4O. The third kappa shape index (κ3) is 3.98. The van der Waals surface area contributed by atoms with E-state index in [1.165, 1.54) is 0 Å². The first kappa shape index (κ1) is 14.4. The van der Waals surface area contributed by atoms with Crippen molar-refractivity contribution in [2.24, 2.45) is 0 Å². The number of rotatable bonds is 3.